The minimum atomic E-state index is -0.708. The van der Waals surface area contributed by atoms with Gasteiger partial charge in [0, 0.05) is 29.6 Å². The maximum atomic E-state index is 13.5. The number of carbonyl (C=O) groups is 2. The van der Waals surface area contributed by atoms with Crippen LogP contribution in [0.1, 0.15) is 30.9 Å². The largest absolute Gasteiger partial charge is 0.484 e. The molecule has 1 atom stereocenters. The standard InChI is InChI=1S/C28H30Cl2N2O3/c1-2-3-16-31-28(34)26(17-21-8-5-4-6-9-21)32(19-22-12-14-23(29)15-13-22)27(33)20-35-25-11-7-10-24(30)18-25/h4-15,18,26H,2-3,16-17,19-20H2,1H3,(H,31,34). The van der Waals surface area contributed by atoms with E-state index >= 15 is 0 Å². The van der Waals surface area contributed by atoms with Crippen LogP contribution in [0.3, 0.4) is 0 Å². The van der Waals surface area contributed by atoms with E-state index < -0.39 is 6.04 Å². The molecule has 2 amide bonds. The Morgan fingerprint density at radius 1 is 0.914 bits per heavy atom. The van der Waals surface area contributed by atoms with Crippen molar-refractivity contribution in [1.82, 2.24) is 10.2 Å². The Hall–Kier alpha value is -3.02. The molecule has 0 saturated carbocycles. The number of nitrogens with one attached hydrogen (secondary N) is 1. The highest BCUT2D eigenvalue weighted by Gasteiger charge is 2.30. The number of rotatable bonds is 12. The molecule has 0 heterocycles. The first kappa shape index (κ1) is 26.6. The topological polar surface area (TPSA) is 58.6 Å². The van der Waals surface area contributed by atoms with E-state index in [4.69, 9.17) is 27.9 Å². The molecule has 3 aromatic rings. The van der Waals surface area contributed by atoms with E-state index in [2.05, 4.69) is 12.2 Å². The zero-order valence-corrected chi connectivity index (χ0v) is 21.3. The van der Waals surface area contributed by atoms with Crippen LogP contribution in [0.15, 0.2) is 78.9 Å². The van der Waals surface area contributed by atoms with Crippen molar-refractivity contribution in [2.45, 2.75) is 38.8 Å². The molecule has 0 spiro atoms. The molecule has 0 fully saturated rings. The lowest BCUT2D eigenvalue weighted by Gasteiger charge is -2.31. The molecule has 5 nitrogen and oxygen atoms in total. The van der Waals surface area contributed by atoms with Gasteiger partial charge >= 0.3 is 0 Å². The molecule has 3 aromatic carbocycles. The first-order valence-corrected chi connectivity index (χ1v) is 12.5. The van der Waals surface area contributed by atoms with E-state index in [1.165, 1.54) is 0 Å². The molecule has 3 rings (SSSR count). The fraction of sp³-hybridized carbons (Fsp3) is 0.286. The summed E-state index contributed by atoms with van der Waals surface area (Å²) < 4.78 is 5.74. The minimum Gasteiger partial charge on any atom is -0.484 e. The summed E-state index contributed by atoms with van der Waals surface area (Å²) in [5.41, 5.74) is 1.83. The first-order chi connectivity index (χ1) is 17.0. The maximum Gasteiger partial charge on any atom is 0.261 e. The van der Waals surface area contributed by atoms with Crippen LogP contribution in [-0.4, -0.2) is 35.9 Å². The third kappa shape index (κ3) is 8.61. The van der Waals surface area contributed by atoms with Crippen molar-refractivity contribution in [1.29, 1.82) is 0 Å². The van der Waals surface area contributed by atoms with Gasteiger partial charge in [0.25, 0.3) is 5.91 Å². The average Bonchev–Trinajstić information content (AvgIpc) is 2.86. The number of amides is 2. The lowest BCUT2D eigenvalue weighted by atomic mass is 10.0. The van der Waals surface area contributed by atoms with Crippen molar-refractivity contribution in [2.24, 2.45) is 0 Å². The molecule has 0 aliphatic rings. The van der Waals surface area contributed by atoms with Crippen LogP contribution < -0.4 is 10.1 Å². The number of halogens is 2. The third-order valence-corrected chi connectivity index (χ3v) is 6.01. The van der Waals surface area contributed by atoms with Gasteiger partial charge in [-0.15, -0.1) is 0 Å². The molecule has 1 unspecified atom stereocenters. The molecule has 0 saturated heterocycles. The zero-order chi connectivity index (χ0) is 25.0. The molecule has 0 aromatic heterocycles. The van der Waals surface area contributed by atoms with Gasteiger partial charge in [-0.3, -0.25) is 9.59 Å². The van der Waals surface area contributed by atoms with Gasteiger partial charge in [0.15, 0.2) is 6.61 Å². The first-order valence-electron chi connectivity index (χ1n) is 11.7. The monoisotopic (exact) mass is 512 g/mol. The molecule has 35 heavy (non-hydrogen) atoms. The quantitative estimate of drug-likeness (QED) is 0.306. The molecule has 184 valence electrons. The number of hydrogen-bond donors (Lipinski definition) is 1. The van der Waals surface area contributed by atoms with E-state index in [1.54, 1.807) is 41.3 Å². The van der Waals surface area contributed by atoms with Gasteiger partial charge < -0.3 is 15.0 Å². The highest BCUT2D eigenvalue weighted by molar-refractivity contribution is 6.30. The number of unbranched alkanes of at least 4 members (excludes halogenated alkanes) is 1. The van der Waals surface area contributed by atoms with Gasteiger partial charge in [0.2, 0.25) is 5.91 Å². The predicted molar refractivity (Wildman–Crippen MR) is 141 cm³/mol. The van der Waals surface area contributed by atoms with Crippen LogP contribution in [0.25, 0.3) is 0 Å². The van der Waals surface area contributed by atoms with Crippen LogP contribution in [-0.2, 0) is 22.6 Å². The van der Waals surface area contributed by atoms with Crippen LogP contribution in [0, 0.1) is 0 Å². The molecule has 7 heteroatoms. The summed E-state index contributed by atoms with van der Waals surface area (Å²) in [6.45, 7) is 2.65. The van der Waals surface area contributed by atoms with Gasteiger partial charge in [-0.2, -0.15) is 0 Å². The minimum absolute atomic E-state index is 0.188. The lowest BCUT2D eigenvalue weighted by molar-refractivity contribution is -0.142. The fourth-order valence-corrected chi connectivity index (χ4v) is 3.94. The summed E-state index contributed by atoms with van der Waals surface area (Å²) >= 11 is 12.1. The van der Waals surface area contributed by atoms with E-state index in [9.17, 15) is 9.59 Å². The van der Waals surface area contributed by atoms with Crippen LogP contribution in [0.4, 0.5) is 0 Å². The van der Waals surface area contributed by atoms with Crippen molar-refractivity contribution >= 4 is 35.0 Å². The summed E-state index contributed by atoms with van der Waals surface area (Å²) in [5, 5.41) is 4.13. The van der Waals surface area contributed by atoms with E-state index in [0.717, 1.165) is 24.0 Å². The van der Waals surface area contributed by atoms with Gasteiger partial charge in [-0.25, -0.2) is 0 Å². The number of benzene rings is 3. The van der Waals surface area contributed by atoms with E-state index in [0.29, 0.717) is 28.8 Å². The van der Waals surface area contributed by atoms with Crippen molar-refractivity contribution < 1.29 is 14.3 Å². The Morgan fingerprint density at radius 3 is 2.34 bits per heavy atom. The molecule has 0 aliphatic carbocycles. The predicted octanol–water partition coefficient (Wildman–Crippen LogP) is 5.93. The molecular formula is C28H30Cl2N2O3. The van der Waals surface area contributed by atoms with Crippen LogP contribution >= 0.6 is 23.2 Å². The molecule has 0 radical (unpaired) electrons. The summed E-state index contributed by atoms with van der Waals surface area (Å²) in [5.74, 6) is 0.00294. The highest BCUT2D eigenvalue weighted by atomic mass is 35.5. The maximum absolute atomic E-state index is 13.5. The Morgan fingerprint density at radius 2 is 1.66 bits per heavy atom. The van der Waals surface area contributed by atoms with E-state index in [1.807, 2.05) is 42.5 Å². The van der Waals surface area contributed by atoms with Gasteiger partial charge in [0.1, 0.15) is 11.8 Å². The van der Waals surface area contributed by atoms with E-state index in [-0.39, 0.29) is 25.0 Å². The second-order valence-electron chi connectivity index (χ2n) is 8.24. The fourth-order valence-electron chi connectivity index (χ4n) is 3.63. The lowest BCUT2D eigenvalue weighted by Crippen LogP contribution is -2.51. The van der Waals surface area contributed by atoms with Crippen LogP contribution in [0.2, 0.25) is 10.0 Å². The van der Waals surface area contributed by atoms with Crippen molar-refractivity contribution in [3.05, 3.63) is 100 Å². The molecule has 0 aliphatic heterocycles. The van der Waals surface area contributed by atoms with Gasteiger partial charge in [0.05, 0.1) is 0 Å². The molecular weight excluding hydrogens is 483 g/mol. The Bertz CT molecular complexity index is 1090. The van der Waals surface area contributed by atoms with Crippen molar-refractivity contribution in [3.8, 4) is 5.75 Å². The Kier molecular flexibility index (Phi) is 10.5. The summed E-state index contributed by atoms with van der Waals surface area (Å²) in [6.07, 6.45) is 2.21. The number of carbonyl (C=O) groups excluding carboxylic acids is 2. The molecule has 0 bridgehead atoms. The normalized spacial score (nSPS) is 11.5. The van der Waals surface area contributed by atoms with Crippen molar-refractivity contribution in [2.75, 3.05) is 13.2 Å². The summed E-state index contributed by atoms with van der Waals surface area (Å²) in [4.78, 5) is 28.4. The second-order valence-corrected chi connectivity index (χ2v) is 9.12. The average molecular weight is 513 g/mol. The van der Waals surface area contributed by atoms with Gasteiger partial charge in [-0.05, 0) is 47.9 Å². The molecule has 1 N–H and O–H groups in total. The van der Waals surface area contributed by atoms with Crippen molar-refractivity contribution in [3.63, 3.8) is 0 Å². The number of ether oxygens (including phenoxy) is 1. The summed E-state index contributed by atoms with van der Waals surface area (Å²) in [6, 6.07) is 23.1. The van der Waals surface area contributed by atoms with Gasteiger partial charge in [-0.1, -0.05) is 85.1 Å². The highest BCUT2D eigenvalue weighted by Crippen LogP contribution is 2.19. The Balaban J connectivity index is 1.87. The SMILES string of the molecule is CCCCNC(=O)C(Cc1ccccc1)N(Cc1ccc(Cl)cc1)C(=O)COc1cccc(Cl)c1. The summed E-state index contributed by atoms with van der Waals surface area (Å²) in [7, 11) is 0. The Labute approximate surface area is 217 Å². The van der Waals surface area contributed by atoms with Crippen LogP contribution in [0.5, 0.6) is 5.75 Å². The zero-order valence-electron chi connectivity index (χ0n) is 19.8. The number of nitrogens with zero attached hydrogens (tertiary/aromatic N) is 1. The smallest absolute Gasteiger partial charge is 0.261 e. The second kappa shape index (κ2) is 13.8. The third-order valence-electron chi connectivity index (χ3n) is 5.53. The number of hydrogen-bond acceptors (Lipinski definition) is 3.